The van der Waals surface area contributed by atoms with Crippen molar-refractivity contribution < 1.29 is 22.7 Å². The lowest BCUT2D eigenvalue weighted by Gasteiger charge is -2.17. The molecule has 2 rings (SSSR count). The van der Waals surface area contributed by atoms with Gasteiger partial charge >= 0.3 is 5.97 Å². The molecular weight excluding hydrogens is 348 g/mol. The Morgan fingerprint density at radius 3 is 2.52 bits per heavy atom. The van der Waals surface area contributed by atoms with Gasteiger partial charge in [-0.3, -0.25) is 9.48 Å². The van der Waals surface area contributed by atoms with Gasteiger partial charge in [-0.15, -0.1) is 0 Å². The Labute approximate surface area is 144 Å². The van der Waals surface area contributed by atoms with E-state index in [-0.39, 0.29) is 10.5 Å². The summed E-state index contributed by atoms with van der Waals surface area (Å²) in [6.45, 7) is 1.64. The van der Waals surface area contributed by atoms with E-state index in [2.05, 4.69) is 14.6 Å². The summed E-state index contributed by atoms with van der Waals surface area (Å²) in [6.07, 6.45) is 1.43. The Morgan fingerprint density at radius 1 is 1.32 bits per heavy atom. The topological polar surface area (TPSA) is 133 Å². The van der Waals surface area contributed by atoms with Gasteiger partial charge in [0.05, 0.1) is 17.7 Å². The maximum absolute atomic E-state index is 12.7. The lowest BCUT2D eigenvalue weighted by molar-refractivity contribution is -0.143. The third-order valence-electron chi connectivity index (χ3n) is 3.65. The molecule has 1 aromatic heterocycles. The van der Waals surface area contributed by atoms with E-state index in [1.807, 2.05) is 0 Å². The Bertz CT molecular complexity index is 920. The van der Waals surface area contributed by atoms with Crippen LogP contribution in [0.2, 0.25) is 0 Å². The van der Waals surface area contributed by atoms with Crippen LogP contribution in [0.1, 0.15) is 27.7 Å². The maximum atomic E-state index is 12.7. The summed E-state index contributed by atoms with van der Waals surface area (Å²) in [7, 11) is -1.41. The number of esters is 1. The number of primary amides is 1. The van der Waals surface area contributed by atoms with Gasteiger partial charge < -0.3 is 10.5 Å². The lowest BCUT2D eigenvalue weighted by atomic mass is 10.1. The van der Waals surface area contributed by atoms with Crippen LogP contribution in [0.5, 0.6) is 0 Å². The lowest BCUT2D eigenvalue weighted by Crippen LogP contribution is -2.36. The fourth-order valence-electron chi connectivity index (χ4n) is 2.27. The van der Waals surface area contributed by atoms with Gasteiger partial charge in [0, 0.05) is 18.8 Å². The van der Waals surface area contributed by atoms with Gasteiger partial charge in [-0.25, -0.2) is 13.2 Å². The average molecular weight is 366 g/mol. The number of sulfonamides is 1. The van der Waals surface area contributed by atoms with Crippen molar-refractivity contribution in [1.82, 2.24) is 14.5 Å². The van der Waals surface area contributed by atoms with Crippen LogP contribution in [0, 0.1) is 6.92 Å². The molecule has 0 radical (unpaired) electrons. The number of nitrogens with one attached hydrogen (secondary N) is 1. The Hall–Kier alpha value is -2.72. The summed E-state index contributed by atoms with van der Waals surface area (Å²) >= 11 is 0. The number of aryl methyl sites for hydroxylation is 2. The minimum absolute atomic E-state index is 0.0815. The highest BCUT2D eigenvalue weighted by atomic mass is 32.2. The molecule has 0 saturated heterocycles. The number of ether oxygens (including phenoxy) is 1. The Kier molecular flexibility index (Phi) is 5.24. The number of nitrogens with two attached hydrogens (primary N) is 1. The van der Waals surface area contributed by atoms with Crippen molar-refractivity contribution in [2.45, 2.75) is 17.9 Å². The Balaban J connectivity index is 2.45. The molecule has 1 heterocycles. The first kappa shape index (κ1) is 18.6. The van der Waals surface area contributed by atoms with Crippen LogP contribution in [0.3, 0.4) is 0 Å². The van der Waals surface area contributed by atoms with Crippen LogP contribution < -0.4 is 10.5 Å². The number of carbonyl (C=O) groups excluding carboxylic acids is 2. The molecule has 0 aliphatic carbocycles. The van der Waals surface area contributed by atoms with E-state index in [9.17, 15) is 18.0 Å². The number of rotatable bonds is 6. The molecule has 3 N–H and O–H groups in total. The van der Waals surface area contributed by atoms with Crippen molar-refractivity contribution in [2.75, 3.05) is 7.11 Å². The normalized spacial score (nSPS) is 12.6. The van der Waals surface area contributed by atoms with Crippen LogP contribution in [0.15, 0.2) is 35.4 Å². The van der Waals surface area contributed by atoms with Gasteiger partial charge in [0.1, 0.15) is 0 Å². The minimum Gasteiger partial charge on any atom is -0.468 e. The second-order valence-electron chi connectivity index (χ2n) is 5.30. The van der Waals surface area contributed by atoms with Gasteiger partial charge in [0.15, 0.2) is 6.04 Å². The van der Waals surface area contributed by atoms with E-state index in [1.165, 1.54) is 29.1 Å². The van der Waals surface area contributed by atoms with Crippen molar-refractivity contribution in [1.29, 1.82) is 0 Å². The molecule has 1 aromatic carbocycles. The monoisotopic (exact) mass is 366 g/mol. The number of methoxy groups -OCH3 is 1. The molecule has 1 amide bonds. The third-order valence-corrected chi connectivity index (χ3v) is 5.07. The van der Waals surface area contributed by atoms with Gasteiger partial charge in [-0.2, -0.15) is 9.82 Å². The van der Waals surface area contributed by atoms with E-state index in [1.54, 1.807) is 14.0 Å². The largest absolute Gasteiger partial charge is 0.468 e. The predicted octanol–water partition coefficient (Wildman–Crippen LogP) is 0.0200. The number of amides is 1. The van der Waals surface area contributed by atoms with E-state index in [0.717, 1.165) is 13.2 Å². The van der Waals surface area contributed by atoms with Crippen molar-refractivity contribution in [3.05, 3.63) is 47.3 Å². The van der Waals surface area contributed by atoms with Gasteiger partial charge in [-0.05, 0) is 30.7 Å². The van der Waals surface area contributed by atoms with Gasteiger partial charge in [-0.1, -0.05) is 6.07 Å². The highest BCUT2D eigenvalue weighted by molar-refractivity contribution is 7.89. The maximum Gasteiger partial charge on any atom is 0.330 e. The second kappa shape index (κ2) is 7.03. The fraction of sp³-hybridized carbons (Fsp3) is 0.267. The molecule has 0 fully saturated rings. The van der Waals surface area contributed by atoms with Gasteiger partial charge in [0.2, 0.25) is 15.9 Å². The van der Waals surface area contributed by atoms with Crippen LogP contribution in [0.4, 0.5) is 0 Å². The smallest absolute Gasteiger partial charge is 0.330 e. The second-order valence-corrected chi connectivity index (χ2v) is 7.01. The van der Waals surface area contributed by atoms with Crippen molar-refractivity contribution in [3.8, 4) is 0 Å². The molecule has 9 nitrogen and oxygen atoms in total. The van der Waals surface area contributed by atoms with E-state index in [0.29, 0.717) is 11.3 Å². The molecule has 1 unspecified atom stereocenters. The number of hydrogen-bond donors (Lipinski definition) is 2. The van der Waals surface area contributed by atoms with E-state index >= 15 is 0 Å². The molecule has 1 atom stereocenters. The first-order chi connectivity index (χ1) is 11.7. The summed E-state index contributed by atoms with van der Waals surface area (Å²) in [5, 5.41) is 3.92. The summed E-state index contributed by atoms with van der Waals surface area (Å²) in [6, 6.07) is 4.15. The molecule has 10 heteroatoms. The average Bonchev–Trinajstić information content (AvgIpc) is 2.97. The third kappa shape index (κ3) is 3.86. The minimum atomic E-state index is -4.13. The van der Waals surface area contributed by atoms with Crippen molar-refractivity contribution in [3.63, 3.8) is 0 Å². The van der Waals surface area contributed by atoms with Crippen molar-refractivity contribution >= 4 is 21.9 Å². The van der Waals surface area contributed by atoms with Crippen LogP contribution >= 0.6 is 0 Å². The molecule has 0 aliphatic rings. The van der Waals surface area contributed by atoms with Crippen LogP contribution in [-0.2, 0) is 26.6 Å². The van der Waals surface area contributed by atoms with E-state index in [4.69, 9.17) is 5.73 Å². The van der Waals surface area contributed by atoms with Crippen LogP contribution in [0.25, 0.3) is 0 Å². The first-order valence-corrected chi connectivity index (χ1v) is 8.64. The summed E-state index contributed by atoms with van der Waals surface area (Å²) in [5.74, 6) is -1.54. The zero-order valence-corrected chi connectivity index (χ0v) is 14.7. The molecule has 0 bridgehead atoms. The zero-order valence-electron chi connectivity index (χ0n) is 13.9. The molecule has 0 saturated carbocycles. The summed E-state index contributed by atoms with van der Waals surface area (Å²) in [5.41, 5.74) is 6.18. The summed E-state index contributed by atoms with van der Waals surface area (Å²) < 4.78 is 33.6. The van der Waals surface area contributed by atoms with Crippen molar-refractivity contribution in [2.24, 2.45) is 12.8 Å². The fourth-order valence-corrected chi connectivity index (χ4v) is 3.45. The quantitative estimate of drug-likeness (QED) is 0.692. The van der Waals surface area contributed by atoms with Gasteiger partial charge in [0.25, 0.3) is 0 Å². The number of aromatic nitrogens is 2. The molecular formula is C15H18N4O5S. The molecule has 0 aliphatic heterocycles. The zero-order chi connectivity index (χ0) is 18.8. The number of carbonyl (C=O) groups is 2. The molecule has 25 heavy (non-hydrogen) atoms. The van der Waals surface area contributed by atoms with E-state index < -0.39 is 27.9 Å². The SMILES string of the molecule is COC(=O)C(NS(=O)(=O)c1ccc(C)c(C(N)=O)c1)c1ccnn1C. The molecule has 2 aromatic rings. The highest BCUT2D eigenvalue weighted by Gasteiger charge is 2.30. The summed E-state index contributed by atoms with van der Waals surface area (Å²) in [4.78, 5) is 23.3. The molecule has 134 valence electrons. The Morgan fingerprint density at radius 2 is 2.00 bits per heavy atom. The standard InChI is InChI=1S/C15H18N4O5S/c1-9-4-5-10(8-11(9)14(16)20)25(22,23)18-13(15(21)24-3)12-6-7-17-19(12)2/h4-8,13,18H,1-3H3,(H2,16,20). The number of nitrogens with zero attached hydrogens (tertiary/aromatic N) is 2. The number of hydrogen-bond acceptors (Lipinski definition) is 6. The van der Waals surface area contributed by atoms with Crippen LogP contribution in [-0.4, -0.2) is 37.2 Å². The highest BCUT2D eigenvalue weighted by Crippen LogP contribution is 2.20. The molecule has 0 spiro atoms. The number of benzene rings is 1. The predicted molar refractivity (Wildman–Crippen MR) is 88.0 cm³/mol. The first-order valence-electron chi connectivity index (χ1n) is 7.16.